The lowest BCUT2D eigenvalue weighted by Gasteiger charge is -2.33. The van der Waals surface area contributed by atoms with Crippen LogP contribution >= 0.6 is 0 Å². The van der Waals surface area contributed by atoms with Gasteiger partial charge in [-0.05, 0) is 31.0 Å². The molecule has 2 N–H and O–H groups in total. The number of rotatable bonds is 2. The van der Waals surface area contributed by atoms with Gasteiger partial charge in [-0.2, -0.15) is 13.2 Å². The molecule has 1 aliphatic heterocycles. The summed E-state index contributed by atoms with van der Waals surface area (Å²) in [6.45, 7) is 1.11. The van der Waals surface area contributed by atoms with E-state index in [4.69, 9.17) is 0 Å². The number of hydrogen-bond donors (Lipinski definition) is 2. The van der Waals surface area contributed by atoms with Crippen LogP contribution in [0.1, 0.15) is 24.1 Å². The van der Waals surface area contributed by atoms with Crippen LogP contribution in [-0.2, 0) is 12.6 Å². The second-order valence-corrected chi connectivity index (χ2v) is 4.69. The average molecular weight is 260 g/mol. The van der Waals surface area contributed by atoms with Crippen molar-refractivity contribution in [1.29, 1.82) is 0 Å². The lowest BCUT2D eigenvalue weighted by Crippen LogP contribution is -2.47. The molecule has 0 radical (unpaired) electrons. The second kappa shape index (κ2) is 4.85. The largest absolute Gasteiger partial charge is 0.433 e. The maximum Gasteiger partial charge on any atom is 0.433 e. The molecule has 18 heavy (non-hydrogen) atoms. The maximum absolute atomic E-state index is 12.8. The monoisotopic (exact) mass is 260 g/mol. The molecular formula is C12H15F3N2O. The van der Waals surface area contributed by atoms with E-state index in [0.29, 0.717) is 13.0 Å². The zero-order valence-electron chi connectivity index (χ0n) is 9.80. The van der Waals surface area contributed by atoms with E-state index in [0.717, 1.165) is 19.2 Å². The van der Waals surface area contributed by atoms with Gasteiger partial charge in [-0.15, -0.1) is 0 Å². The van der Waals surface area contributed by atoms with Crippen LogP contribution in [0.2, 0.25) is 0 Å². The van der Waals surface area contributed by atoms with Crippen molar-refractivity contribution >= 4 is 0 Å². The Balaban J connectivity index is 2.23. The summed E-state index contributed by atoms with van der Waals surface area (Å²) in [4.78, 5) is 3.39. The molecule has 0 bridgehead atoms. The Kier molecular flexibility index (Phi) is 3.59. The van der Waals surface area contributed by atoms with Gasteiger partial charge in [-0.3, -0.25) is 4.98 Å². The average Bonchev–Trinajstić information content (AvgIpc) is 2.28. The van der Waals surface area contributed by atoms with E-state index in [1.807, 2.05) is 0 Å². The van der Waals surface area contributed by atoms with Crippen LogP contribution in [0.5, 0.6) is 0 Å². The summed E-state index contributed by atoms with van der Waals surface area (Å²) in [6, 6.07) is 2.84. The lowest BCUT2D eigenvalue weighted by molar-refractivity contribution is -0.142. The Bertz CT molecular complexity index is 414. The molecule has 1 aromatic rings. The van der Waals surface area contributed by atoms with Crippen LogP contribution in [0.15, 0.2) is 18.3 Å². The van der Waals surface area contributed by atoms with Gasteiger partial charge in [0.1, 0.15) is 5.69 Å². The van der Waals surface area contributed by atoms with Crippen molar-refractivity contribution in [3.05, 3.63) is 29.6 Å². The number of halogens is 3. The molecule has 0 aromatic carbocycles. The van der Waals surface area contributed by atoms with E-state index in [2.05, 4.69) is 10.3 Å². The number of nitrogens with zero attached hydrogens (tertiary/aromatic N) is 1. The van der Waals surface area contributed by atoms with Crippen LogP contribution < -0.4 is 5.32 Å². The van der Waals surface area contributed by atoms with Gasteiger partial charge in [-0.25, -0.2) is 0 Å². The van der Waals surface area contributed by atoms with Gasteiger partial charge in [0.05, 0.1) is 5.60 Å². The molecule has 1 aliphatic rings. The smallest absolute Gasteiger partial charge is 0.388 e. The van der Waals surface area contributed by atoms with E-state index >= 15 is 0 Å². The quantitative estimate of drug-likeness (QED) is 0.851. The Labute approximate surface area is 103 Å². The van der Waals surface area contributed by atoms with Crippen molar-refractivity contribution in [2.24, 2.45) is 0 Å². The van der Waals surface area contributed by atoms with Crippen molar-refractivity contribution in [1.82, 2.24) is 10.3 Å². The van der Waals surface area contributed by atoms with Crippen LogP contribution in [-0.4, -0.2) is 28.8 Å². The number of aliphatic hydroxyl groups is 1. The first-order valence-corrected chi connectivity index (χ1v) is 5.85. The number of nitrogens with one attached hydrogen (secondary N) is 1. The van der Waals surface area contributed by atoms with Crippen molar-refractivity contribution in [3.8, 4) is 0 Å². The zero-order valence-corrected chi connectivity index (χ0v) is 9.80. The van der Waals surface area contributed by atoms with E-state index in [1.54, 1.807) is 0 Å². The molecule has 1 unspecified atom stereocenters. The van der Waals surface area contributed by atoms with E-state index in [9.17, 15) is 18.3 Å². The molecule has 100 valence electrons. The summed E-state index contributed by atoms with van der Waals surface area (Å²) >= 11 is 0. The van der Waals surface area contributed by atoms with Gasteiger partial charge in [0.15, 0.2) is 0 Å². The molecule has 2 heterocycles. The summed E-state index contributed by atoms with van der Waals surface area (Å²) in [7, 11) is 0. The highest BCUT2D eigenvalue weighted by Crippen LogP contribution is 2.32. The predicted octanol–water partition coefficient (Wildman–Crippen LogP) is 1.76. The summed E-state index contributed by atoms with van der Waals surface area (Å²) in [6.07, 6.45) is -2.11. The highest BCUT2D eigenvalue weighted by Gasteiger charge is 2.38. The van der Waals surface area contributed by atoms with Gasteiger partial charge in [0.2, 0.25) is 0 Å². The van der Waals surface area contributed by atoms with E-state index in [-0.39, 0.29) is 12.0 Å². The fraction of sp³-hybridized carbons (Fsp3) is 0.583. The number of alkyl halides is 3. The van der Waals surface area contributed by atoms with E-state index < -0.39 is 17.5 Å². The minimum atomic E-state index is -4.48. The summed E-state index contributed by atoms with van der Waals surface area (Å²) in [5.74, 6) is 0. The van der Waals surface area contributed by atoms with Crippen molar-refractivity contribution in [3.63, 3.8) is 0 Å². The molecule has 0 amide bonds. The Morgan fingerprint density at radius 2 is 2.22 bits per heavy atom. The molecule has 2 rings (SSSR count). The Morgan fingerprint density at radius 1 is 1.44 bits per heavy atom. The second-order valence-electron chi connectivity index (χ2n) is 4.69. The van der Waals surface area contributed by atoms with Crippen LogP contribution in [0.4, 0.5) is 13.2 Å². The summed E-state index contributed by atoms with van der Waals surface area (Å²) in [5, 5.41) is 13.3. The fourth-order valence-electron chi connectivity index (χ4n) is 2.29. The predicted molar refractivity (Wildman–Crippen MR) is 60.0 cm³/mol. The third-order valence-electron chi connectivity index (χ3n) is 3.13. The highest BCUT2D eigenvalue weighted by atomic mass is 19.4. The minimum absolute atomic E-state index is 0.0251. The Morgan fingerprint density at radius 3 is 2.83 bits per heavy atom. The topological polar surface area (TPSA) is 45.2 Å². The number of pyridine rings is 1. The SMILES string of the molecule is OC1(Cc2cccnc2C(F)(F)F)CCCNC1. The first-order valence-electron chi connectivity index (χ1n) is 5.85. The molecule has 1 fully saturated rings. The molecule has 3 nitrogen and oxygen atoms in total. The van der Waals surface area contributed by atoms with Crippen LogP contribution in [0, 0.1) is 0 Å². The molecule has 6 heteroatoms. The number of β-amino-alcohol motifs (C(OH)–C–C–N with tert-alkyl or cyclic N) is 1. The Hall–Kier alpha value is -1.14. The first kappa shape index (κ1) is 13.3. The van der Waals surface area contributed by atoms with Crippen molar-refractivity contribution in [2.45, 2.75) is 31.0 Å². The molecule has 1 saturated heterocycles. The molecule has 0 spiro atoms. The van der Waals surface area contributed by atoms with Gasteiger partial charge >= 0.3 is 6.18 Å². The normalized spacial score (nSPS) is 25.1. The first-order chi connectivity index (χ1) is 8.41. The zero-order chi connectivity index (χ0) is 13.2. The van der Waals surface area contributed by atoms with Crippen LogP contribution in [0.25, 0.3) is 0 Å². The van der Waals surface area contributed by atoms with Crippen LogP contribution in [0.3, 0.4) is 0 Å². The third-order valence-corrected chi connectivity index (χ3v) is 3.13. The fourth-order valence-corrected chi connectivity index (χ4v) is 2.29. The van der Waals surface area contributed by atoms with Crippen molar-refractivity contribution < 1.29 is 18.3 Å². The highest BCUT2D eigenvalue weighted by molar-refractivity contribution is 5.24. The molecular weight excluding hydrogens is 245 g/mol. The number of aromatic nitrogens is 1. The standard InChI is InChI=1S/C12H15F3N2O/c13-12(14,15)10-9(3-1-6-17-10)7-11(18)4-2-5-16-8-11/h1,3,6,16,18H,2,4-5,7-8H2. The van der Waals surface area contributed by atoms with Gasteiger partial charge in [0.25, 0.3) is 0 Å². The number of piperidine rings is 1. The lowest BCUT2D eigenvalue weighted by atomic mass is 9.87. The molecule has 0 saturated carbocycles. The molecule has 0 aliphatic carbocycles. The molecule has 1 atom stereocenters. The van der Waals surface area contributed by atoms with Gasteiger partial charge in [-0.1, -0.05) is 6.07 Å². The third kappa shape index (κ3) is 3.00. The minimum Gasteiger partial charge on any atom is -0.388 e. The van der Waals surface area contributed by atoms with E-state index in [1.165, 1.54) is 12.1 Å². The summed E-state index contributed by atoms with van der Waals surface area (Å²) < 4.78 is 38.3. The van der Waals surface area contributed by atoms with Crippen molar-refractivity contribution in [2.75, 3.05) is 13.1 Å². The van der Waals surface area contributed by atoms with Gasteiger partial charge < -0.3 is 10.4 Å². The van der Waals surface area contributed by atoms with Gasteiger partial charge in [0, 0.05) is 19.2 Å². The maximum atomic E-state index is 12.8. The number of hydrogen-bond acceptors (Lipinski definition) is 3. The summed E-state index contributed by atoms with van der Waals surface area (Å²) in [5.41, 5.74) is -1.96. The molecule has 1 aromatic heterocycles.